The molecule has 64 valence electrons. The van der Waals surface area contributed by atoms with Crippen LogP contribution >= 0.6 is 11.6 Å². The fourth-order valence-electron chi connectivity index (χ4n) is 1.45. The standard InChI is InChI=1S/C8H13ClO2/c1-11-8(9)6-4-2-3-5-7(6)10/h6,8H,2-5H2,1H3. The Hall–Kier alpha value is -0.0800. The van der Waals surface area contributed by atoms with Gasteiger partial charge in [0, 0.05) is 13.5 Å². The third kappa shape index (κ3) is 2.17. The second-order valence-corrected chi connectivity index (χ2v) is 3.34. The highest BCUT2D eigenvalue weighted by Gasteiger charge is 2.28. The van der Waals surface area contributed by atoms with Crippen LogP contribution in [0.3, 0.4) is 0 Å². The topological polar surface area (TPSA) is 26.3 Å². The minimum Gasteiger partial charge on any atom is -0.365 e. The molecule has 1 aliphatic rings. The fraction of sp³-hybridized carbons (Fsp3) is 0.875. The van der Waals surface area contributed by atoms with Crippen molar-refractivity contribution >= 4 is 17.4 Å². The highest BCUT2D eigenvalue weighted by molar-refractivity contribution is 6.21. The first-order valence-electron chi connectivity index (χ1n) is 3.95. The molecular weight excluding hydrogens is 164 g/mol. The minimum atomic E-state index is -0.414. The molecule has 2 atom stereocenters. The van der Waals surface area contributed by atoms with Crippen molar-refractivity contribution in [1.29, 1.82) is 0 Å². The molecule has 0 aliphatic heterocycles. The van der Waals surface area contributed by atoms with Gasteiger partial charge in [-0.25, -0.2) is 0 Å². The molecule has 0 spiro atoms. The van der Waals surface area contributed by atoms with Gasteiger partial charge in [0.25, 0.3) is 0 Å². The molecule has 3 heteroatoms. The van der Waals surface area contributed by atoms with Gasteiger partial charge in [-0.05, 0) is 12.8 Å². The summed E-state index contributed by atoms with van der Waals surface area (Å²) in [4.78, 5) is 11.2. The lowest BCUT2D eigenvalue weighted by molar-refractivity contribution is -0.127. The van der Waals surface area contributed by atoms with Crippen LogP contribution in [0.1, 0.15) is 25.7 Å². The second-order valence-electron chi connectivity index (χ2n) is 2.91. The average Bonchev–Trinajstić information content (AvgIpc) is 2.04. The van der Waals surface area contributed by atoms with Gasteiger partial charge in [0.05, 0.1) is 5.92 Å². The van der Waals surface area contributed by atoms with Crippen molar-refractivity contribution in [3.63, 3.8) is 0 Å². The van der Waals surface area contributed by atoms with Gasteiger partial charge in [0.15, 0.2) is 0 Å². The van der Waals surface area contributed by atoms with E-state index < -0.39 is 5.56 Å². The van der Waals surface area contributed by atoms with Gasteiger partial charge >= 0.3 is 0 Å². The Bertz CT molecular complexity index is 147. The van der Waals surface area contributed by atoms with Crippen molar-refractivity contribution in [2.75, 3.05) is 7.11 Å². The van der Waals surface area contributed by atoms with E-state index in [4.69, 9.17) is 16.3 Å². The number of carbonyl (C=O) groups is 1. The van der Waals surface area contributed by atoms with E-state index in [-0.39, 0.29) is 11.7 Å². The summed E-state index contributed by atoms with van der Waals surface area (Å²) in [5.41, 5.74) is -0.414. The van der Waals surface area contributed by atoms with Crippen molar-refractivity contribution < 1.29 is 9.53 Å². The quantitative estimate of drug-likeness (QED) is 0.602. The van der Waals surface area contributed by atoms with Crippen LogP contribution in [0, 0.1) is 5.92 Å². The molecular formula is C8H13ClO2. The summed E-state index contributed by atoms with van der Waals surface area (Å²) < 4.78 is 4.90. The van der Waals surface area contributed by atoms with Crippen LogP contribution in [0.4, 0.5) is 0 Å². The van der Waals surface area contributed by atoms with Gasteiger partial charge in [0.1, 0.15) is 11.3 Å². The van der Waals surface area contributed by atoms with Crippen molar-refractivity contribution in [2.45, 2.75) is 31.2 Å². The van der Waals surface area contributed by atoms with Gasteiger partial charge in [-0.15, -0.1) is 0 Å². The molecule has 11 heavy (non-hydrogen) atoms. The minimum absolute atomic E-state index is 0.0598. The lowest BCUT2D eigenvalue weighted by Crippen LogP contribution is -2.28. The fourth-order valence-corrected chi connectivity index (χ4v) is 1.72. The van der Waals surface area contributed by atoms with E-state index in [2.05, 4.69) is 0 Å². The van der Waals surface area contributed by atoms with Gasteiger partial charge in [-0.1, -0.05) is 18.0 Å². The molecule has 2 nitrogen and oxygen atoms in total. The van der Waals surface area contributed by atoms with E-state index in [1.54, 1.807) is 7.11 Å². The highest BCUT2D eigenvalue weighted by atomic mass is 35.5. The van der Waals surface area contributed by atoms with Crippen molar-refractivity contribution in [1.82, 2.24) is 0 Å². The zero-order chi connectivity index (χ0) is 8.27. The maximum Gasteiger partial charge on any atom is 0.140 e. The van der Waals surface area contributed by atoms with Crippen LogP contribution in [-0.2, 0) is 9.53 Å². The zero-order valence-corrected chi connectivity index (χ0v) is 7.43. The summed E-state index contributed by atoms with van der Waals surface area (Å²) in [6, 6.07) is 0. The molecule has 1 aliphatic carbocycles. The monoisotopic (exact) mass is 176 g/mol. The Morgan fingerprint density at radius 3 is 2.91 bits per heavy atom. The second kappa shape index (κ2) is 4.07. The summed E-state index contributed by atoms with van der Waals surface area (Å²) in [7, 11) is 1.54. The first kappa shape index (κ1) is 9.01. The molecule has 1 saturated carbocycles. The highest BCUT2D eigenvalue weighted by Crippen LogP contribution is 2.26. The molecule has 0 heterocycles. The van der Waals surface area contributed by atoms with E-state index in [0.29, 0.717) is 6.42 Å². The van der Waals surface area contributed by atoms with Crippen LogP contribution < -0.4 is 0 Å². The van der Waals surface area contributed by atoms with Gasteiger partial charge in [-0.3, -0.25) is 4.79 Å². The number of hydrogen-bond donors (Lipinski definition) is 0. The van der Waals surface area contributed by atoms with E-state index >= 15 is 0 Å². The van der Waals surface area contributed by atoms with Crippen LogP contribution in [0.15, 0.2) is 0 Å². The molecule has 0 bridgehead atoms. The van der Waals surface area contributed by atoms with E-state index in [9.17, 15) is 4.79 Å². The number of hydrogen-bond acceptors (Lipinski definition) is 2. The molecule has 0 aromatic heterocycles. The number of Topliss-reactive ketones (excluding diaryl/α,β-unsaturated/α-hetero) is 1. The van der Waals surface area contributed by atoms with Gasteiger partial charge in [-0.2, -0.15) is 0 Å². The zero-order valence-electron chi connectivity index (χ0n) is 6.68. The first-order chi connectivity index (χ1) is 5.25. The van der Waals surface area contributed by atoms with Crippen LogP contribution in [0.5, 0.6) is 0 Å². The Morgan fingerprint density at radius 1 is 1.64 bits per heavy atom. The molecule has 1 rings (SSSR count). The Kier molecular flexibility index (Phi) is 3.34. The number of ether oxygens (including phenoxy) is 1. The number of methoxy groups -OCH3 is 1. The molecule has 0 radical (unpaired) electrons. The predicted octanol–water partition coefficient (Wildman–Crippen LogP) is 1.96. The largest absolute Gasteiger partial charge is 0.365 e. The number of carbonyl (C=O) groups excluding carboxylic acids is 1. The third-order valence-corrected chi connectivity index (χ3v) is 2.63. The smallest absolute Gasteiger partial charge is 0.140 e. The maximum atomic E-state index is 11.2. The Balaban J connectivity index is 2.47. The molecule has 0 N–H and O–H groups in total. The average molecular weight is 177 g/mol. The number of rotatable bonds is 2. The molecule has 0 aromatic carbocycles. The lowest BCUT2D eigenvalue weighted by Gasteiger charge is -2.23. The van der Waals surface area contributed by atoms with Crippen LogP contribution in [-0.4, -0.2) is 18.5 Å². The predicted molar refractivity (Wildman–Crippen MR) is 43.6 cm³/mol. The van der Waals surface area contributed by atoms with Gasteiger partial charge in [0.2, 0.25) is 0 Å². The summed E-state index contributed by atoms with van der Waals surface area (Å²) >= 11 is 5.80. The van der Waals surface area contributed by atoms with E-state index in [0.717, 1.165) is 19.3 Å². The van der Waals surface area contributed by atoms with Crippen LogP contribution in [0.25, 0.3) is 0 Å². The van der Waals surface area contributed by atoms with E-state index in [1.165, 1.54) is 0 Å². The van der Waals surface area contributed by atoms with Crippen molar-refractivity contribution in [2.24, 2.45) is 5.92 Å². The van der Waals surface area contributed by atoms with Crippen LogP contribution in [0.2, 0.25) is 0 Å². The summed E-state index contributed by atoms with van der Waals surface area (Å²) in [5.74, 6) is 0.202. The molecule has 0 amide bonds. The van der Waals surface area contributed by atoms with Crippen molar-refractivity contribution in [3.8, 4) is 0 Å². The molecule has 0 aromatic rings. The summed E-state index contributed by atoms with van der Waals surface area (Å²) in [6.07, 6.45) is 3.68. The molecule has 1 fully saturated rings. The first-order valence-corrected chi connectivity index (χ1v) is 4.39. The number of ketones is 1. The summed E-state index contributed by atoms with van der Waals surface area (Å²) in [6.45, 7) is 0. The maximum absolute atomic E-state index is 11.2. The Labute approximate surface area is 71.9 Å². The SMILES string of the molecule is COC(Cl)C1CCCCC1=O. The number of alkyl halides is 1. The normalized spacial score (nSPS) is 28.5. The van der Waals surface area contributed by atoms with Crippen molar-refractivity contribution in [3.05, 3.63) is 0 Å². The lowest BCUT2D eigenvalue weighted by atomic mass is 9.88. The van der Waals surface area contributed by atoms with Gasteiger partial charge < -0.3 is 4.74 Å². The molecule has 0 saturated heterocycles. The van der Waals surface area contributed by atoms with E-state index in [1.807, 2.05) is 0 Å². The third-order valence-electron chi connectivity index (χ3n) is 2.14. The number of halogens is 1. The Morgan fingerprint density at radius 2 is 2.36 bits per heavy atom. The molecule has 2 unspecified atom stereocenters. The summed E-state index contributed by atoms with van der Waals surface area (Å²) in [5, 5.41) is 0.